The van der Waals surface area contributed by atoms with E-state index in [9.17, 15) is 32.9 Å². The fraction of sp³-hybridized carbons (Fsp3) is 0.556. The van der Waals surface area contributed by atoms with Gasteiger partial charge in [-0.1, -0.05) is 6.92 Å². The number of amides is 1. The minimum Gasteiger partial charge on any atom is -0.456 e. The summed E-state index contributed by atoms with van der Waals surface area (Å²) in [6.07, 6.45) is -2.96. The molecule has 2 rings (SSSR count). The summed E-state index contributed by atoms with van der Waals surface area (Å²) in [5, 5.41) is 13.6. The molecule has 1 N–H and O–H groups in total. The number of halogens is 3. The zero-order chi connectivity index (χ0) is 21.6. The largest absolute Gasteiger partial charge is 0.456 e. The highest BCUT2D eigenvalue weighted by Crippen LogP contribution is 2.34. The molecule has 0 aromatic heterocycles. The molecule has 1 aliphatic heterocycles. The van der Waals surface area contributed by atoms with Gasteiger partial charge < -0.3 is 15.0 Å². The van der Waals surface area contributed by atoms with Crippen LogP contribution in [0.2, 0.25) is 0 Å². The highest BCUT2D eigenvalue weighted by atomic mass is 19.4. The summed E-state index contributed by atoms with van der Waals surface area (Å²) in [6, 6.07) is 2.08. The summed E-state index contributed by atoms with van der Waals surface area (Å²) < 4.78 is 43.0. The summed E-state index contributed by atoms with van der Waals surface area (Å²) in [5.74, 6) is -0.575. The average Bonchev–Trinajstić information content (AvgIpc) is 2.65. The first-order valence-corrected chi connectivity index (χ1v) is 9.11. The number of anilines is 1. The van der Waals surface area contributed by atoms with Crippen molar-refractivity contribution >= 4 is 23.3 Å². The molecule has 0 saturated carbocycles. The van der Waals surface area contributed by atoms with E-state index in [4.69, 9.17) is 4.74 Å². The predicted molar refractivity (Wildman–Crippen MR) is 97.1 cm³/mol. The number of ether oxygens (including phenoxy) is 1. The smallest absolute Gasteiger partial charge is 0.416 e. The zero-order valence-corrected chi connectivity index (χ0v) is 15.8. The predicted octanol–water partition coefficient (Wildman–Crippen LogP) is 3.22. The van der Waals surface area contributed by atoms with Gasteiger partial charge in [-0.05, 0) is 30.9 Å². The van der Waals surface area contributed by atoms with Gasteiger partial charge in [0.2, 0.25) is 0 Å². The Bertz CT molecular complexity index is 770. The Morgan fingerprint density at radius 3 is 2.72 bits per heavy atom. The van der Waals surface area contributed by atoms with Gasteiger partial charge in [0.15, 0.2) is 6.61 Å². The Hall–Kier alpha value is -2.85. The summed E-state index contributed by atoms with van der Waals surface area (Å²) in [4.78, 5) is 35.5. The third-order valence-corrected chi connectivity index (χ3v) is 4.53. The van der Waals surface area contributed by atoms with Gasteiger partial charge >= 0.3 is 12.1 Å². The molecule has 0 spiro atoms. The van der Waals surface area contributed by atoms with Crippen molar-refractivity contribution in [2.45, 2.75) is 32.4 Å². The van der Waals surface area contributed by atoms with Gasteiger partial charge in [0.25, 0.3) is 11.6 Å². The van der Waals surface area contributed by atoms with E-state index in [1.165, 1.54) is 0 Å². The van der Waals surface area contributed by atoms with Crippen molar-refractivity contribution < 1.29 is 32.4 Å². The van der Waals surface area contributed by atoms with Crippen LogP contribution in [0, 0.1) is 16.0 Å². The van der Waals surface area contributed by atoms with E-state index in [0.29, 0.717) is 31.1 Å². The first kappa shape index (κ1) is 22.4. The van der Waals surface area contributed by atoms with Gasteiger partial charge in [0.1, 0.15) is 5.69 Å². The van der Waals surface area contributed by atoms with E-state index < -0.39 is 28.3 Å². The van der Waals surface area contributed by atoms with E-state index in [2.05, 4.69) is 5.32 Å². The summed E-state index contributed by atoms with van der Waals surface area (Å²) in [6.45, 7) is 2.80. The number of hydrogen-bond donors (Lipinski definition) is 1. The maximum absolute atomic E-state index is 12.7. The molecule has 160 valence electrons. The molecule has 8 nitrogen and oxygen atoms in total. The van der Waals surface area contributed by atoms with Crippen LogP contribution in [0.3, 0.4) is 0 Å². The van der Waals surface area contributed by atoms with Crippen molar-refractivity contribution in [1.82, 2.24) is 4.90 Å². The number of carbonyl (C=O) groups excluding carboxylic acids is 2. The number of nitro benzene ring substituents is 1. The molecule has 1 aliphatic rings. The van der Waals surface area contributed by atoms with E-state index in [-0.39, 0.29) is 31.2 Å². The Labute approximate surface area is 165 Å². The number of benzene rings is 1. The van der Waals surface area contributed by atoms with E-state index in [1.54, 1.807) is 4.90 Å². The van der Waals surface area contributed by atoms with Crippen molar-refractivity contribution in [3.63, 3.8) is 0 Å². The number of likely N-dealkylation sites (tertiary alicyclic amines) is 1. The molecule has 1 aromatic rings. The van der Waals surface area contributed by atoms with E-state index in [1.807, 2.05) is 6.92 Å². The number of nitro groups is 1. The van der Waals surface area contributed by atoms with Crippen LogP contribution in [0.5, 0.6) is 0 Å². The fourth-order valence-electron chi connectivity index (χ4n) is 3.03. The molecule has 29 heavy (non-hydrogen) atoms. The first-order valence-electron chi connectivity index (χ1n) is 9.11. The number of alkyl halides is 3. The number of piperidine rings is 1. The normalized spacial score (nSPS) is 17.0. The number of nitrogens with one attached hydrogen (secondary N) is 1. The molecule has 1 heterocycles. The molecular weight excluding hydrogens is 395 g/mol. The molecule has 1 amide bonds. The topological polar surface area (TPSA) is 102 Å². The number of esters is 1. The second kappa shape index (κ2) is 9.57. The van der Waals surface area contributed by atoms with Crippen molar-refractivity contribution in [3.05, 3.63) is 33.9 Å². The lowest BCUT2D eigenvalue weighted by Gasteiger charge is -2.30. The highest BCUT2D eigenvalue weighted by molar-refractivity contribution is 5.81. The summed E-state index contributed by atoms with van der Waals surface area (Å²) >= 11 is 0. The van der Waals surface area contributed by atoms with Gasteiger partial charge in [0, 0.05) is 25.7 Å². The molecular formula is C18H22F3N3O5. The van der Waals surface area contributed by atoms with E-state index in [0.717, 1.165) is 18.9 Å². The van der Waals surface area contributed by atoms with Crippen LogP contribution in [0.15, 0.2) is 18.2 Å². The minimum absolute atomic E-state index is 0.0972. The fourth-order valence-corrected chi connectivity index (χ4v) is 3.03. The quantitative estimate of drug-likeness (QED) is 0.415. The zero-order valence-electron chi connectivity index (χ0n) is 15.8. The van der Waals surface area contributed by atoms with Crippen molar-refractivity contribution in [2.24, 2.45) is 5.92 Å². The molecule has 0 bridgehead atoms. The minimum atomic E-state index is -4.70. The van der Waals surface area contributed by atoms with Gasteiger partial charge in [-0.25, -0.2) is 0 Å². The third kappa shape index (κ3) is 6.61. The number of hydrogen-bond acceptors (Lipinski definition) is 6. The lowest BCUT2D eigenvalue weighted by atomic mass is 10.0. The summed E-state index contributed by atoms with van der Waals surface area (Å²) in [5.41, 5.74) is -2.03. The molecule has 1 fully saturated rings. The van der Waals surface area contributed by atoms with Gasteiger partial charge in [-0.15, -0.1) is 0 Å². The highest BCUT2D eigenvalue weighted by Gasteiger charge is 2.33. The van der Waals surface area contributed by atoms with Crippen LogP contribution >= 0.6 is 0 Å². The van der Waals surface area contributed by atoms with Gasteiger partial charge in [-0.3, -0.25) is 19.7 Å². The molecule has 1 atom stereocenters. The number of nitrogens with zero attached hydrogens (tertiary/aromatic N) is 2. The molecule has 0 radical (unpaired) electrons. The second-order valence-electron chi connectivity index (χ2n) is 6.91. The van der Waals surface area contributed by atoms with Crippen LogP contribution in [-0.2, 0) is 20.5 Å². The van der Waals surface area contributed by atoms with Gasteiger partial charge in [0.05, 0.1) is 16.9 Å². The molecule has 11 heteroatoms. The SMILES string of the molecule is C[C@@H]1CCCN(C(=O)COC(=O)CCNc2ccc(C(F)(F)F)cc2[N+](=O)[O-])C1. The Balaban J connectivity index is 1.82. The maximum Gasteiger partial charge on any atom is 0.416 e. The van der Waals surface area contributed by atoms with Crippen molar-refractivity contribution in [2.75, 3.05) is 31.6 Å². The third-order valence-electron chi connectivity index (χ3n) is 4.53. The lowest BCUT2D eigenvalue weighted by molar-refractivity contribution is -0.384. The van der Waals surface area contributed by atoms with Crippen LogP contribution in [0.1, 0.15) is 31.7 Å². The van der Waals surface area contributed by atoms with Crippen molar-refractivity contribution in [3.8, 4) is 0 Å². The van der Waals surface area contributed by atoms with E-state index >= 15 is 0 Å². The number of rotatable bonds is 7. The van der Waals surface area contributed by atoms with Crippen LogP contribution in [0.25, 0.3) is 0 Å². The number of carbonyl (C=O) groups is 2. The van der Waals surface area contributed by atoms with Crippen molar-refractivity contribution in [1.29, 1.82) is 0 Å². The Kier molecular flexibility index (Phi) is 7.40. The molecule has 0 aliphatic carbocycles. The molecule has 1 aromatic carbocycles. The Morgan fingerprint density at radius 2 is 2.10 bits per heavy atom. The van der Waals surface area contributed by atoms with Crippen LogP contribution < -0.4 is 5.32 Å². The molecule has 1 saturated heterocycles. The molecule has 0 unspecified atom stereocenters. The maximum atomic E-state index is 12.7. The monoisotopic (exact) mass is 417 g/mol. The summed E-state index contributed by atoms with van der Waals surface area (Å²) in [7, 11) is 0. The second-order valence-corrected chi connectivity index (χ2v) is 6.91. The lowest BCUT2D eigenvalue weighted by Crippen LogP contribution is -2.41. The Morgan fingerprint density at radius 1 is 1.38 bits per heavy atom. The van der Waals surface area contributed by atoms with Crippen LogP contribution in [0.4, 0.5) is 24.5 Å². The van der Waals surface area contributed by atoms with Crippen LogP contribution in [-0.4, -0.2) is 47.9 Å². The average molecular weight is 417 g/mol. The standard InChI is InChI=1S/C18H22F3N3O5/c1-12-3-2-8-23(10-12)16(25)11-29-17(26)6-7-22-14-5-4-13(18(19,20)21)9-15(14)24(27)28/h4-5,9,12,22H,2-3,6-8,10-11H2,1H3/t12-/m1/s1. The van der Waals surface area contributed by atoms with Gasteiger partial charge in [-0.2, -0.15) is 13.2 Å². The first-order chi connectivity index (χ1) is 13.6.